The maximum atomic E-state index is 12.0. The second-order valence-corrected chi connectivity index (χ2v) is 13.1. The molecule has 4 nitrogen and oxygen atoms in total. The zero-order valence-electron chi connectivity index (χ0n) is 15.7. The molecule has 0 spiro atoms. The highest BCUT2D eigenvalue weighted by molar-refractivity contribution is 6.74. The average Bonchev–Trinajstić information content (AvgIpc) is 3.03. The van der Waals surface area contributed by atoms with Crippen LogP contribution in [-0.4, -0.2) is 27.0 Å². The molecule has 1 aliphatic carbocycles. The lowest BCUT2D eigenvalue weighted by molar-refractivity contribution is -0.145. The van der Waals surface area contributed by atoms with Gasteiger partial charge in [-0.15, -0.1) is 0 Å². The lowest BCUT2D eigenvalue weighted by Crippen LogP contribution is -2.43. The topological polar surface area (TPSA) is 44.8 Å². The number of benzene rings is 1. The molecule has 0 aromatic heterocycles. The van der Waals surface area contributed by atoms with Gasteiger partial charge in [-0.25, -0.2) is 0 Å². The van der Waals surface area contributed by atoms with Crippen LogP contribution in [0.4, 0.5) is 0 Å². The van der Waals surface area contributed by atoms with E-state index in [2.05, 4.69) is 46.0 Å². The number of esters is 1. The van der Waals surface area contributed by atoms with Gasteiger partial charge in [-0.2, -0.15) is 0 Å². The second kappa shape index (κ2) is 5.51. The monoisotopic (exact) mass is 348 g/mol. The highest BCUT2D eigenvalue weighted by Crippen LogP contribution is 2.60. The molecule has 5 heteroatoms. The quantitative estimate of drug-likeness (QED) is 0.597. The Morgan fingerprint density at radius 1 is 1.29 bits per heavy atom. The Kier molecular flexibility index (Phi) is 3.98. The zero-order chi connectivity index (χ0) is 17.9. The van der Waals surface area contributed by atoms with Gasteiger partial charge >= 0.3 is 5.97 Å². The predicted molar refractivity (Wildman–Crippen MR) is 96.3 cm³/mol. The Balaban J connectivity index is 1.85. The minimum absolute atomic E-state index is 0.0547. The zero-order valence-corrected chi connectivity index (χ0v) is 16.7. The summed E-state index contributed by atoms with van der Waals surface area (Å²) in [6, 6.07) is 4.14. The normalized spacial score (nSPS) is 24.7. The van der Waals surface area contributed by atoms with Crippen molar-refractivity contribution in [2.45, 2.75) is 64.8 Å². The third kappa shape index (κ3) is 2.73. The van der Waals surface area contributed by atoms with Gasteiger partial charge in [-0.1, -0.05) is 20.8 Å². The number of rotatable bonds is 4. The van der Waals surface area contributed by atoms with E-state index in [9.17, 15) is 4.79 Å². The van der Waals surface area contributed by atoms with Crippen molar-refractivity contribution in [3.8, 4) is 11.5 Å². The lowest BCUT2D eigenvalue weighted by Gasteiger charge is -2.36. The van der Waals surface area contributed by atoms with E-state index in [-0.39, 0.29) is 28.9 Å². The maximum Gasteiger partial charge on any atom is 0.313 e. The largest absolute Gasteiger partial charge is 0.543 e. The number of fused-ring (bicyclic) bond motifs is 3. The molecular weight excluding hydrogens is 320 g/mol. The second-order valence-electron chi connectivity index (χ2n) is 8.41. The van der Waals surface area contributed by atoms with Crippen molar-refractivity contribution in [1.82, 2.24) is 0 Å². The van der Waals surface area contributed by atoms with E-state index in [4.69, 9.17) is 13.9 Å². The van der Waals surface area contributed by atoms with Crippen LogP contribution in [0.15, 0.2) is 12.1 Å². The van der Waals surface area contributed by atoms with E-state index in [1.807, 2.05) is 13.8 Å². The number of hydrogen-bond donors (Lipinski definition) is 0. The average molecular weight is 349 g/mol. The predicted octanol–water partition coefficient (Wildman–Crippen LogP) is 4.42. The molecule has 3 rings (SSSR count). The van der Waals surface area contributed by atoms with Crippen molar-refractivity contribution in [3.05, 3.63) is 23.3 Å². The smallest absolute Gasteiger partial charge is 0.313 e. The van der Waals surface area contributed by atoms with Crippen LogP contribution in [0.25, 0.3) is 0 Å². The van der Waals surface area contributed by atoms with Gasteiger partial charge in [0.1, 0.15) is 23.5 Å². The summed E-state index contributed by atoms with van der Waals surface area (Å²) in [6.07, 6.45) is -0.0547. The number of carbonyl (C=O) groups is 1. The molecule has 3 atom stereocenters. The highest BCUT2D eigenvalue weighted by atomic mass is 28.4. The minimum atomic E-state index is -1.89. The molecule has 24 heavy (non-hydrogen) atoms. The first-order valence-electron chi connectivity index (χ1n) is 8.73. The van der Waals surface area contributed by atoms with E-state index >= 15 is 0 Å². The molecule has 1 heterocycles. The van der Waals surface area contributed by atoms with Crippen LogP contribution in [0, 0.1) is 12.8 Å². The van der Waals surface area contributed by atoms with Gasteiger partial charge in [0.2, 0.25) is 8.32 Å². The summed E-state index contributed by atoms with van der Waals surface area (Å²) in [5.74, 6) is 1.65. The van der Waals surface area contributed by atoms with Crippen LogP contribution in [0.1, 0.15) is 44.7 Å². The number of aryl methyl sites for hydroxylation is 1. The van der Waals surface area contributed by atoms with Gasteiger partial charge < -0.3 is 13.9 Å². The number of carbonyl (C=O) groups excluding carboxylic acids is 1. The van der Waals surface area contributed by atoms with E-state index in [1.165, 1.54) is 0 Å². The maximum absolute atomic E-state index is 12.0. The minimum Gasteiger partial charge on any atom is -0.543 e. The van der Waals surface area contributed by atoms with Crippen LogP contribution in [0.5, 0.6) is 11.5 Å². The molecule has 1 aromatic rings. The molecule has 1 aliphatic heterocycles. The Labute approximate surface area is 145 Å². The summed E-state index contributed by atoms with van der Waals surface area (Å²) in [4.78, 5) is 12.0. The van der Waals surface area contributed by atoms with Crippen molar-refractivity contribution in [2.24, 2.45) is 5.92 Å². The molecule has 0 saturated heterocycles. The van der Waals surface area contributed by atoms with Crippen LogP contribution >= 0.6 is 0 Å². The third-order valence-corrected chi connectivity index (χ3v) is 9.94. The van der Waals surface area contributed by atoms with Crippen LogP contribution in [0.2, 0.25) is 18.1 Å². The van der Waals surface area contributed by atoms with Crippen molar-refractivity contribution in [2.75, 3.05) is 6.61 Å². The van der Waals surface area contributed by atoms with Gasteiger partial charge in [0, 0.05) is 11.5 Å². The third-order valence-electron chi connectivity index (χ3n) is 5.58. The molecule has 0 amide bonds. The van der Waals surface area contributed by atoms with Gasteiger partial charge in [-0.3, -0.25) is 4.79 Å². The fourth-order valence-electron chi connectivity index (χ4n) is 3.14. The van der Waals surface area contributed by atoms with Crippen molar-refractivity contribution in [1.29, 1.82) is 0 Å². The van der Waals surface area contributed by atoms with Crippen LogP contribution < -0.4 is 9.16 Å². The van der Waals surface area contributed by atoms with Gasteiger partial charge in [0.25, 0.3) is 0 Å². The summed E-state index contributed by atoms with van der Waals surface area (Å²) in [6.45, 7) is 15.5. The van der Waals surface area contributed by atoms with Crippen molar-refractivity contribution < 1.29 is 18.7 Å². The first-order valence-corrected chi connectivity index (χ1v) is 11.6. The first kappa shape index (κ1) is 17.3. The van der Waals surface area contributed by atoms with Crippen LogP contribution in [-0.2, 0) is 9.53 Å². The molecule has 1 aromatic carbocycles. The van der Waals surface area contributed by atoms with Crippen molar-refractivity contribution >= 4 is 14.3 Å². The Morgan fingerprint density at radius 3 is 2.54 bits per heavy atom. The molecule has 2 unspecified atom stereocenters. The first-order chi connectivity index (χ1) is 11.1. The van der Waals surface area contributed by atoms with Gasteiger partial charge in [0.05, 0.1) is 6.61 Å². The molecule has 0 bridgehead atoms. The molecule has 0 radical (unpaired) electrons. The van der Waals surface area contributed by atoms with E-state index in [1.54, 1.807) is 0 Å². The standard InChI is InChI=1S/C19H28O4Si/c1-8-21-18(20)15-14-13-10-12(23-24(6,7)19(3,4)5)9-11(2)16(13)22-17(14)15/h9-10,14-15,17H,8H2,1-7H3/t14-,15?,17?/m0/s1. The summed E-state index contributed by atoms with van der Waals surface area (Å²) >= 11 is 0. The summed E-state index contributed by atoms with van der Waals surface area (Å²) in [7, 11) is -1.89. The molecule has 2 aliphatic rings. The molecule has 1 saturated carbocycles. The fourth-order valence-corrected chi connectivity index (χ4v) is 4.15. The fraction of sp³-hybridized carbons (Fsp3) is 0.632. The van der Waals surface area contributed by atoms with Gasteiger partial charge in [-0.05, 0) is 49.7 Å². The number of ether oxygens (including phenoxy) is 2. The highest BCUT2D eigenvalue weighted by Gasteiger charge is 2.64. The molecule has 132 valence electrons. The lowest BCUT2D eigenvalue weighted by atomic mass is 10.0. The van der Waals surface area contributed by atoms with Gasteiger partial charge in [0.15, 0.2) is 0 Å². The van der Waals surface area contributed by atoms with E-state index in [0.717, 1.165) is 22.6 Å². The van der Waals surface area contributed by atoms with Crippen molar-refractivity contribution in [3.63, 3.8) is 0 Å². The SMILES string of the molecule is CCOC(=O)C1C2Oc3c(C)cc(O[Si](C)(C)C(C)(C)C)cc3[C@H]21. The summed E-state index contributed by atoms with van der Waals surface area (Å²) in [5, 5.41) is 0.145. The van der Waals surface area contributed by atoms with E-state index in [0.29, 0.717) is 6.61 Å². The van der Waals surface area contributed by atoms with E-state index < -0.39 is 8.32 Å². The number of hydrogen-bond acceptors (Lipinski definition) is 4. The Morgan fingerprint density at radius 2 is 1.96 bits per heavy atom. The van der Waals surface area contributed by atoms with Crippen LogP contribution in [0.3, 0.4) is 0 Å². The summed E-state index contributed by atoms with van der Waals surface area (Å²) in [5.41, 5.74) is 2.18. The molecule has 1 fully saturated rings. The Bertz CT molecular complexity index is 675. The summed E-state index contributed by atoms with van der Waals surface area (Å²) < 4.78 is 17.6. The molecule has 0 N–H and O–H groups in total. The molecular formula is C19H28O4Si. The Hall–Kier alpha value is -1.49.